The first kappa shape index (κ1) is 4.01. The number of ether oxygens (including phenoxy) is 1. The van der Waals surface area contributed by atoms with E-state index >= 15 is 0 Å². The molecule has 0 N–H and O–H groups in total. The molecule has 1 aliphatic rings. The highest BCUT2D eigenvalue weighted by Gasteiger charge is 1.95. The highest BCUT2D eigenvalue weighted by Crippen LogP contribution is 1.89. The van der Waals surface area contributed by atoms with Crippen molar-refractivity contribution in [1.29, 1.82) is 0 Å². The summed E-state index contributed by atoms with van der Waals surface area (Å²) >= 11 is 0. The van der Waals surface area contributed by atoms with Crippen LogP contribution in [0.4, 0.5) is 0 Å². The number of hydrogen-bond acceptors (Lipinski definition) is 4. The monoisotopic (exact) mass is 92.0 g/mol. The lowest BCUT2D eigenvalue weighted by molar-refractivity contribution is -0.582. The van der Waals surface area contributed by atoms with Gasteiger partial charge in [-0.3, -0.25) is 0 Å². The Morgan fingerprint density at radius 1 is 1.00 bits per heavy atom. The molecule has 0 aromatic heterocycles. The van der Waals surface area contributed by atoms with E-state index in [9.17, 15) is 0 Å². The largest absolute Gasteiger partial charge is 0.323 e. The van der Waals surface area contributed by atoms with Crippen molar-refractivity contribution in [2.75, 3.05) is 13.6 Å². The van der Waals surface area contributed by atoms with Crippen molar-refractivity contribution in [3.05, 3.63) is 0 Å². The predicted octanol–water partition coefficient (Wildman–Crippen LogP) is -0.189. The maximum absolute atomic E-state index is 4.50. The van der Waals surface area contributed by atoms with E-state index in [1.54, 1.807) is 0 Å². The molecule has 0 atom stereocenters. The molecule has 0 bridgehead atoms. The molecule has 0 aromatic carbocycles. The molecule has 4 heteroatoms. The summed E-state index contributed by atoms with van der Waals surface area (Å²) in [5.41, 5.74) is 0. The van der Waals surface area contributed by atoms with Crippen LogP contribution in [0.3, 0.4) is 0 Å². The zero-order chi connectivity index (χ0) is 4.24. The van der Waals surface area contributed by atoms with Crippen molar-refractivity contribution in [3.8, 4) is 0 Å². The fourth-order valence-electron chi connectivity index (χ4n) is 0.175. The van der Waals surface area contributed by atoms with Crippen LogP contribution < -0.4 is 0 Å². The predicted molar refractivity (Wildman–Crippen MR) is 14.1 cm³/mol. The smallest absolute Gasteiger partial charge is 0.186 e. The van der Waals surface area contributed by atoms with Gasteiger partial charge < -0.3 is 4.74 Å². The third-order valence-corrected chi connectivity index (χ3v) is 0.359. The molecule has 1 aliphatic heterocycles. The van der Waals surface area contributed by atoms with Crippen LogP contribution in [-0.4, -0.2) is 13.6 Å². The molecule has 0 aromatic rings. The van der Waals surface area contributed by atoms with Crippen LogP contribution in [0.1, 0.15) is 0 Å². The Bertz CT molecular complexity index is 21.0. The lowest BCUT2D eigenvalue weighted by Crippen LogP contribution is -2.11. The van der Waals surface area contributed by atoms with Gasteiger partial charge in [0.1, 0.15) is 0 Å². The normalized spacial score (nSPS) is 24.0. The molecule has 1 heterocycles. The molecule has 0 radical (unpaired) electrons. The summed E-state index contributed by atoms with van der Waals surface area (Å²) in [5.74, 6) is 0. The van der Waals surface area contributed by atoms with Crippen LogP contribution in [0.25, 0.3) is 0 Å². The third-order valence-electron chi connectivity index (χ3n) is 0.359. The van der Waals surface area contributed by atoms with Gasteiger partial charge in [0, 0.05) is 0 Å². The Morgan fingerprint density at radius 2 is 1.67 bits per heavy atom. The molecule has 0 spiro atoms. The van der Waals surface area contributed by atoms with Crippen LogP contribution in [0, 0.1) is 0 Å². The quantitative estimate of drug-likeness (QED) is 0.388. The van der Waals surface area contributed by atoms with Gasteiger partial charge in [-0.1, -0.05) is 5.04 Å². The van der Waals surface area contributed by atoms with Gasteiger partial charge in [-0.05, 0) is 0 Å². The van der Waals surface area contributed by atoms with Crippen LogP contribution in [0.5, 0.6) is 0 Å². The minimum absolute atomic E-state index is 0.153. The molecule has 0 aliphatic carbocycles. The summed E-state index contributed by atoms with van der Waals surface area (Å²) in [5, 5.41) is 3.94. The lowest BCUT2D eigenvalue weighted by Gasteiger charge is -2.07. The standard InChI is InChI=1S/C2H4O4/c1-3-2-5-6-4-1/h1-2H2. The van der Waals surface area contributed by atoms with Crippen molar-refractivity contribution >= 4 is 0 Å². The van der Waals surface area contributed by atoms with Crippen molar-refractivity contribution < 1.29 is 19.6 Å². The SMILES string of the molecule is C1OCOOO1. The van der Waals surface area contributed by atoms with Gasteiger partial charge in [0.15, 0.2) is 13.6 Å². The van der Waals surface area contributed by atoms with E-state index in [4.69, 9.17) is 0 Å². The molecule has 36 valence electrons. The lowest BCUT2D eigenvalue weighted by atomic mass is 11.3. The summed E-state index contributed by atoms with van der Waals surface area (Å²) in [6, 6.07) is 0. The third kappa shape index (κ3) is 0.908. The zero-order valence-electron chi connectivity index (χ0n) is 3.05. The Balaban J connectivity index is 2.00. The second-order valence-corrected chi connectivity index (χ2v) is 0.744. The molecule has 6 heavy (non-hydrogen) atoms. The average Bonchev–Trinajstić information content (AvgIpc) is 1.72. The Labute approximate surface area is 34.4 Å². The van der Waals surface area contributed by atoms with Gasteiger partial charge in [0.2, 0.25) is 0 Å². The first-order valence-electron chi connectivity index (χ1n) is 1.49. The van der Waals surface area contributed by atoms with Crippen LogP contribution in [-0.2, 0) is 19.6 Å². The minimum Gasteiger partial charge on any atom is -0.323 e. The van der Waals surface area contributed by atoms with E-state index in [0.29, 0.717) is 0 Å². The molecule has 4 nitrogen and oxygen atoms in total. The maximum Gasteiger partial charge on any atom is 0.186 e. The molecular weight excluding hydrogens is 88.0 g/mol. The van der Waals surface area contributed by atoms with Crippen molar-refractivity contribution in [2.24, 2.45) is 0 Å². The van der Waals surface area contributed by atoms with Gasteiger partial charge in [-0.2, -0.15) is 9.78 Å². The summed E-state index contributed by atoms with van der Waals surface area (Å²) in [7, 11) is 0. The Morgan fingerprint density at radius 3 is 1.83 bits per heavy atom. The second kappa shape index (κ2) is 2.09. The number of rotatable bonds is 0. The van der Waals surface area contributed by atoms with E-state index in [-0.39, 0.29) is 13.6 Å². The molecule has 1 rings (SSSR count). The van der Waals surface area contributed by atoms with Crippen LogP contribution >= 0.6 is 0 Å². The number of hydrogen-bond donors (Lipinski definition) is 0. The topological polar surface area (TPSA) is 36.9 Å². The van der Waals surface area contributed by atoms with E-state index in [0.717, 1.165) is 0 Å². The van der Waals surface area contributed by atoms with Gasteiger partial charge in [-0.25, -0.2) is 0 Å². The van der Waals surface area contributed by atoms with Gasteiger partial charge in [0.25, 0.3) is 0 Å². The summed E-state index contributed by atoms with van der Waals surface area (Å²) in [6.45, 7) is 0.306. The summed E-state index contributed by atoms with van der Waals surface area (Å²) < 4.78 is 4.50. The van der Waals surface area contributed by atoms with Crippen molar-refractivity contribution in [3.63, 3.8) is 0 Å². The molecule has 0 amide bonds. The van der Waals surface area contributed by atoms with Gasteiger partial charge >= 0.3 is 0 Å². The van der Waals surface area contributed by atoms with Gasteiger partial charge in [-0.15, -0.1) is 0 Å². The fourth-order valence-corrected chi connectivity index (χ4v) is 0.175. The molecule has 1 fully saturated rings. The van der Waals surface area contributed by atoms with E-state index < -0.39 is 0 Å². The second-order valence-electron chi connectivity index (χ2n) is 0.744. The van der Waals surface area contributed by atoms with E-state index in [2.05, 4.69) is 19.6 Å². The Kier molecular flexibility index (Phi) is 1.40. The first-order valence-corrected chi connectivity index (χ1v) is 1.49. The highest BCUT2D eigenvalue weighted by atomic mass is 17.5. The maximum atomic E-state index is 4.50. The van der Waals surface area contributed by atoms with E-state index in [1.165, 1.54) is 0 Å². The zero-order valence-corrected chi connectivity index (χ0v) is 3.05. The van der Waals surface area contributed by atoms with E-state index in [1.807, 2.05) is 0 Å². The van der Waals surface area contributed by atoms with Gasteiger partial charge in [0.05, 0.1) is 0 Å². The van der Waals surface area contributed by atoms with Crippen LogP contribution in [0.15, 0.2) is 0 Å². The van der Waals surface area contributed by atoms with Crippen molar-refractivity contribution in [2.45, 2.75) is 0 Å². The van der Waals surface area contributed by atoms with Crippen molar-refractivity contribution in [1.82, 2.24) is 0 Å². The van der Waals surface area contributed by atoms with Crippen LogP contribution in [0.2, 0.25) is 0 Å². The minimum atomic E-state index is 0.153. The summed E-state index contributed by atoms with van der Waals surface area (Å²) in [4.78, 5) is 8.25. The molecule has 0 unspecified atom stereocenters. The molecular formula is C2H4O4. The average molecular weight is 92.0 g/mol. The fraction of sp³-hybridized carbons (Fsp3) is 1.00. The Hall–Kier alpha value is -0.160. The summed E-state index contributed by atoms with van der Waals surface area (Å²) in [6.07, 6.45) is 0. The first-order chi connectivity index (χ1) is 3.00. The highest BCUT2D eigenvalue weighted by molar-refractivity contribution is 3.93. The molecule has 1 saturated heterocycles. The molecule has 0 saturated carbocycles.